The number of benzene rings is 1. The van der Waals surface area contributed by atoms with E-state index in [0.29, 0.717) is 15.6 Å². The lowest BCUT2D eigenvalue weighted by Gasteiger charge is -2.01. The molecule has 2 aromatic rings. The number of nitrogens with zero attached hydrogens (tertiary/aromatic N) is 2. The molecule has 0 aliphatic rings. The van der Waals surface area contributed by atoms with Crippen LogP contribution in [0.3, 0.4) is 0 Å². The first-order chi connectivity index (χ1) is 9.56. The molecule has 1 amide bonds. The van der Waals surface area contributed by atoms with E-state index in [1.165, 1.54) is 30.6 Å². The van der Waals surface area contributed by atoms with E-state index in [-0.39, 0.29) is 11.5 Å². The molecule has 6 nitrogen and oxygen atoms in total. The fraction of sp³-hybridized carbons (Fsp3) is 0. The third-order valence-corrected chi connectivity index (χ3v) is 2.78. The highest BCUT2D eigenvalue weighted by atomic mass is 79.9. The van der Waals surface area contributed by atoms with Gasteiger partial charge in [-0.15, -0.1) is 0 Å². The van der Waals surface area contributed by atoms with Crippen LogP contribution in [0.2, 0.25) is 0 Å². The smallest absolute Gasteiger partial charge is 0.272 e. The minimum Gasteiger partial charge on any atom is -0.508 e. The van der Waals surface area contributed by atoms with Crippen LogP contribution in [0.15, 0.2) is 46.2 Å². The van der Waals surface area contributed by atoms with Gasteiger partial charge in [0.2, 0.25) is 0 Å². The number of carbonyl (C=O) groups is 1. The average molecular weight is 336 g/mol. The third-order valence-electron chi connectivity index (χ3n) is 2.35. The molecule has 0 atom stereocenters. The van der Waals surface area contributed by atoms with Crippen molar-refractivity contribution in [1.82, 2.24) is 10.4 Å². The first kappa shape index (κ1) is 14.0. The van der Waals surface area contributed by atoms with E-state index in [4.69, 9.17) is 5.11 Å². The van der Waals surface area contributed by atoms with Crippen molar-refractivity contribution in [1.29, 1.82) is 0 Å². The number of hydrazone groups is 1. The zero-order chi connectivity index (χ0) is 14.5. The van der Waals surface area contributed by atoms with Gasteiger partial charge in [0.25, 0.3) is 5.91 Å². The molecule has 0 saturated carbocycles. The highest BCUT2D eigenvalue weighted by molar-refractivity contribution is 9.10. The number of nitrogens with one attached hydrogen (secondary N) is 1. The third kappa shape index (κ3) is 3.55. The number of aromatic nitrogens is 1. The van der Waals surface area contributed by atoms with Crippen molar-refractivity contribution in [3.63, 3.8) is 0 Å². The Balaban J connectivity index is 2.04. The second-order valence-corrected chi connectivity index (χ2v) is 4.75. The van der Waals surface area contributed by atoms with Crippen molar-refractivity contribution in [2.75, 3.05) is 0 Å². The minimum absolute atomic E-state index is 0.0519. The van der Waals surface area contributed by atoms with Crippen molar-refractivity contribution in [2.24, 2.45) is 5.10 Å². The quantitative estimate of drug-likeness (QED) is 0.590. The number of carbonyl (C=O) groups excluding carboxylic acids is 1. The molecule has 0 fully saturated rings. The number of hydrogen-bond donors (Lipinski definition) is 3. The Morgan fingerprint density at radius 2 is 2.10 bits per heavy atom. The molecule has 20 heavy (non-hydrogen) atoms. The zero-order valence-corrected chi connectivity index (χ0v) is 11.7. The van der Waals surface area contributed by atoms with Crippen LogP contribution >= 0.6 is 15.9 Å². The summed E-state index contributed by atoms with van der Waals surface area (Å²) in [5, 5.41) is 22.4. The second kappa shape index (κ2) is 6.16. The fourth-order valence-electron chi connectivity index (χ4n) is 1.40. The molecule has 1 heterocycles. The van der Waals surface area contributed by atoms with Crippen LogP contribution in [-0.4, -0.2) is 27.3 Å². The van der Waals surface area contributed by atoms with Gasteiger partial charge in [-0.25, -0.2) is 5.43 Å². The molecule has 0 saturated heterocycles. The minimum atomic E-state index is -0.423. The molecule has 1 aromatic heterocycles. The lowest BCUT2D eigenvalue weighted by Crippen LogP contribution is -2.17. The van der Waals surface area contributed by atoms with Gasteiger partial charge in [0.05, 0.1) is 11.8 Å². The summed E-state index contributed by atoms with van der Waals surface area (Å²) in [6.45, 7) is 0. The molecule has 0 radical (unpaired) electrons. The van der Waals surface area contributed by atoms with Gasteiger partial charge in [-0.2, -0.15) is 5.10 Å². The Kier molecular flexibility index (Phi) is 4.31. The largest absolute Gasteiger partial charge is 0.508 e. The second-order valence-electron chi connectivity index (χ2n) is 3.83. The van der Waals surface area contributed by atoms with E-state index in [1.54, 1.807) is 12.3 Å². The topological polar surface area (TPSA) is 94.8 Å². The maximum Gasteiger partial charge on any atom is 0.272 e. The molecule has 0 aliphatic carbocycles. The molecule has 102 valence electrons. The van der Waals surface area contributed by atoms with E-state index in [9.17, 15) is 9.90 Å². The molecule has 2 rings (SSSR count). The van der Waals surface area contributed by atoms with Gasteiger partial charge < -0.3 is 10.2 Å². The Bertz CT molecular complexity index is 674. The highest BCUT2D eigenvalue weighted by Crippen LogP contribution is 2.20. The Hall–Kier alpha value is -2.41. The number of amides is 1. The summed E-state index contributed by atoms with van der Waals surface area (Å²) in [7, 11) is 0. The van der Waals surface area contributed by atoms with Gasteiger partial charge in [-0.05, 0) is 34.1 Å². The predicted molar refractivity (Wildman–Crippen MR) is 76.8 cm³/mol. The van der Waals surface area contributed by atoms with E-state index in [1.807, 2.05) is 0 Å². The normalized spacial score (nSPS) is 10.7. The summed E-state index contributed by atoms with van der Waals surface area (Å²) >= 11 is 3.21. The van der Waals surface area contributed by atoms with Crippen molar-refractivity contribution < 1.29 is 15.0 Å². The Labute approximate surface area is 122 Å². The molecule has 0 unspecified atom stereocenters. The molecule has 0 spiro atoms. The number of hydrogen-bond acceptors (Lipinski definition) is 5. The molecule has 3 N–H and O–H groups in total. The fourth-order valence-corrected chi connectivity index (χ4v) is 1.77. The van der Waals surface area contributed by atoms with E-state index >= 15 is 0 Å². The summed E-state index contributed by atoms with van der Waals surface area (Å²) in [6.07, 6.45) is 4.25. The summed E-state index contributed by atoms with van der Waals surface area (Å²) in [5.41, 5.74) is 3.04. The SMILES string of the molecule is O=C(NN=Cc1ccc(O)cc1O)c1cncc(Br)c1. The van der Waals surface area contributed by atoms with Gasteiger partial charge in [-0.3, -0.25) is 9.78 Å². The number of phenolic OH excluding ortho intramolecular Hbond substituents is 2. The summed E-state index contributed by atoms with van der Waals surface area (Å²) in [5.74, 6) is -0.607. The van der Waals surface area contributed by atoms with Crippen LogP contribution in [0.5, 0.6) is 11.5 Å². The Morgan fingerprint density at radius 3 is 2.80 bits per heavy atom. The number of phenols is 2. The van der Waals surface area contributed by atoms with E-state index in [0.717, 1.165) is 0 Å². The van der Waals surface area contributed by atoms with E-state index < -0.39 is 5.91 Å². The maximum absolute atomic E-state index is 11.7. The summed E-state index contributed by atoms with van der Waals surface area (Å²) in [4.78, 5) is 15.6. The van der Waals surface area contributed by atoms with Crippen LogP contribution < -0.4 is 5.43 Å². The molecule has 7 heteroatoms. The van der Waals surface area contributed by atoms with Crippen LogP contribution in [0, 0.1) is 0 Å². The summed E-state index contributed by atoms with van der Waals surface area (Å²) < 4.78 is 0.685. The molecule has 0 bridgehead atoms. The monoisotopic (exact) mass is 335 g/mol. The van der Waals surface area contributed by atoms with Crippen LogP contribution in [0.25, 0.3) is 0 Å². The van der Waals surface area contributed by atoms with Gasteiger partial charge in [0.1, 0.15) is 11.5 Å². The lowest BCUT2D eigenvalue weighted by atomic mass is 10.2. The average Bonchev–Trinajstić information content (AvgIpc) is 2.41. The van der Waals surface area contributed by atoms with Crippen molar-refractivity contribution in [3.8, 4) is 11.5 Å². The predicted octanol–water partition coefficient (Wildman–Crippen LogP) is 2.02. The number of rotatable bonds is 3. The lowest BCUT2D eigenvalue weighted by molar-refractivity contribution is 0.0954. The zero-order valence-electron chi connectivity index (χ0n) is 10.1. The summed E-state index contributed by atoms with van der Waals surface area (Å²) in [6, 6.07) is 5.67. The number of aromatic hydroxyl groups is 2. The van der Waals surface area contributed by atoms with Gasteiger partial charge in [-0.1, -0.05) is 0 Å². The molecule has 0 aliphatic heterocycles. The van der Waals surface area contributed by atoms with Gasteiger partial charge in [0, 0.05) is 28.5 Å². The first-order valence-electron chi connectivity index (χ1n) is 5.52. The first-order valence-corrected chi connectivity index (χ1v) is 6.31. The van der Waals surface area contributed by atoms with Crippen LogP contribution in [0.1, 0.15) is 15.9 Å². The van der Waals surface area contributed by atoms with Crippen molar-refractivity contribution in [3.05, 3.63) is 52.3 Å². The van der Waals surface area contributed by atoms with Crippen LogP contribution in [0.4, 0.5) is 0 Å². The highest BCUT2D eigenvalue weighted by Gasteiger charge is 2.05. The molecular weight excluding hydrogens is 326 g/mol. The van der Waals surface area contributed by atoms with Gasteiger partial charge in [0.15, 0.2) is 0 Å². The Morgan fingerprint density at radius 1 is 1.30 bits per heavy atom. The molecule has 1 aromatic carbocycles. The number of halogens is 1. The van der Waals surface area contributed by atoms with Crippen LogP contribution in [-0.2, 0) is 0 Å². The molecular formula is C13H10BrN3O3. The van der Waals surface area contributed by atoms with Crippen molar-refractivity contribution >= 4 is 28.1 Å². The standard InChI is InChI=1S/C13H10BrN3O3/c14-10-3-9(5-15-7-10)13(20)17-16-6-8-1-2-11(18)4-12(8)19/h1-7,18-19H,(H,17,20). The maximum atomic E-state index is 11.7. The van der Waals surface area contributed by atoms with Gasteiger partial charge >= 0.3 is 0 Å². The number of pyridine rings is 1. The van der Waals surface area contributed by atoms with E-state index in [2.05, 4.69) is 31.4 Å². The van der Waals surface area contributed by atoms with Crippen molar-refractivity contribution in [2.45, 2.75) is 0 Å².